The van der Waals surface area contributed by atoms with E-state index in [9.17, 15) is 9.59 Å². The van der Waals surface area contributed by atoms with Crippen LogP contribution in [0.4, 0.5) is 5.69 Å². The molecule has 0 unspecified atom stereocenters. The van der Waals surface area contributed by atoms with Gasteiger partial charge in [0.1, 0.15) is 6.07 Å². The third-order valence-electron chi connectivity index (χ3n) is 1.88. The zero-order valence-electron chi connectivity index (χ0n) is 9.56. The molecular formula is C12H12N2O3. The average molecular weight is 232 g/mol. The first-order chi connectivity index (χ1) is 8.02. The number of amides is 1. The molecule has 0 spiro atoms. The summed E-state index contributed by atoms with van der Waals surface area (Å²) in [6.07, 6.45) is -0.799. The van der Waals surface area contributed by atoms with Gasteiger partial charge in [-0.05, 0) is 25.1 Å². The van der Waals surface area contributed by atoms with Crippen molar-refractivity contribution in [3.63, 3.8) is 0 Å². The van der Waals surface area contributed by atoms with Crippen LogP contribution >= 0.6 is 0 Å². The van der Waals surface area contributed by atoms with Gasteiger partial charge in [-0.1, -0.05) is 6.07 Å². The van der Waals surface area contributed by atoms with Crippen molar-refractivity contribution < 1.29 is 14.3 Å². The summed E-state index contributed by atoms with van der Waals surface area (Å²) in [5, 5.41) is 11.1. The van der Waals surface area contributed by atoms with Crippen LogP contribution in [0.1, 0.15) is 24.2 Å². The van der Waals surface area contributed by atoms with E-state index >= 15 is 0 Å². The Bertz CT molecular complexity index is 477. The molecule has 1 rings (SSSR count). The van der Waals surface area contributed by atoms with Crippen LogP contribution in [-0.4, -0.2) is 18.0 Å². The summed E-state index contributed by atoms with van der Waals surface area (Å²) in [5.74, 6) is -0.813. The lowest BCUT2D eigenvalue weighted by molar-refractivity contribution is -0.114. The highest BCUT2D eigenvalue weighted by Gasteiger charge is 2.11. The number of benzene rings is 1. The molecule has 17 heavy (non-hydrogen) atoms. The molecule has 0 aliphatic heterocycles. The Morgan fingerprint density at radius 3 is 2.76 bits per heavy atom. The fraction of sp³-hybridized carbons (Fsp3) is 0.250. The van der Waals surface area contributed by atoms with Gasteiger partial charge in [-0.25, -0.2) is 4.79 Å². The standard InChI is InChI=1S/C12H12N2O3/c1-8(7-13)17-12(16)10-4-3-5-11(6-10)14-9(2)15/h3-6,8H,1-2H3,(H,14,15)/t8-/m1/s1. The van der Waals surface area contributed by atoms with Crippen molar-refractivity contribution in [3.8, 4) is 6.07 Å². The molecule has 1 amide bonds. The van der Waals surface area contributed by atoms with Gasteiger partial charge in [-0.3, -0.25) is 4.79 Å². The minimum atomic E-state index is -0.799. The summed E-state index contributed by atoms with van der Waals surface area (Å²) in [4.78, 5) is 22.4. The first-order valence-corrected chi connectivity index (χ1v) is 5.01. The van der Waals surface area contributed by atoms with Crippen LogP contribution in [0.15, 0.2) is 24.3 Å². The summed E-state index contributed by atoms with van der Waals surface area (Å²) in [6, 6.07) is 8.13. The van der Waals surface area contributed by atoms with E-state index in [1.807, 2.05) is 0 Å². The maximum atomic E-state index is 11.6. The highest BCUT2D eigenvalue weighted by atomic mass is 16.5. The maximum Gasteiger partial charge on any atom is 0.339 e. The predicted molar refractivity (Wildman–Crippen MR) is 61.2 cm³/mol. The van der Waals surface area contributed by atoms with Gasteiger partial charge < -0.3 is 10.1 Å². The minimum Gasteiger partial charge on any atom is -0.444 e. The number of anilines is 1. The Hall–Kier alpha value is -2.35. The zero-order chi connectivity index (χ0) is 12.8. The van der Waals surface area contributed by atoms with Crippen LogP contribution in [0.25, 0.3) is 0 Å². The summed E-state index contributed by atoms with van der Waals surface area (Å²) in [7, 11) is 0. The Kier molecular flexibility index (Phi) is 4.23. The maximum absolute atomic E-state index is 11.6. The van der Waals surface area contributed by atoms with Crippen LogP contribution < -0.4 is 5.32 Å². The van der Waals surface area contributed by atoms with Crippen LogP contribution in [-0.2, 0) is 9.53 Å². The monoisotopic (exact) mass is 232 g/mol. The second-order valence-corrected chi connectivity index (χ2v) is 3.44. The van der Waals surface area contributed by atoms with Crippen LogP contribution in [0.3, 0.4) is 0 Å². The number of carbonyl (C=O) groups excluding carboxylic acids is 2. The SMILES string of the molecule is CC(=O)Nc1cccc(C(=O)O[C@H](C)C#N)c1. The largest absolute Gasteiger partial charge is 0.444 e. The van der Waals surface area contributed by atoms with E-state index in [-0.39, 0.29) is 5.91 Å². The van der Waals surface area contributed by atoms with E-state index in [0.717, 1.165) is 0 Å². The van der Waals surface area contributed by atoms with E-state index in [2.05, 4.69) is 5.32 Å². The summed E-state index contributed by atoms with van der Waals surface area (Å²) < 4.78 is 4.83. The van der Waals surface area contributed by atoms with E-state index in [0.29, 0.717) is 11.3 Å². The molecule has 0 heterocycles. The van der Waals surface area contributed by atoms with Crippen molar-refractivity contribution in [3.05, 3.63) is 29.8 Å². The molecule has 0 saturated heterocycles. The lowest BCUT2D eigenvalue weighted by atomic mass is 10.2. The van der Waals surface area contributed by atoms with Gasteiger partial charge in [0.2, 0.25) is 5.91 Å². The zero-order valence-corrected chi connectivity index (χ0v) is 9.56. The Morgan fingerprint density at radius 2 is 2.18 bits per heavy atom. The molecule has 0 aromatic heterocycles. The van der Waals surface area contributed by atoms with Crippen molar-refractivity contribution >= 4 is 17.6 Å². The fourth-order valence-electron chi connectivity index (χ4n) is 1.18. The van der Waals surface area contributed by atoms with E-state index in [4.69, 9.17) is 10.00 Å². The van der Waals surface area contributed by atoms with Crippen LogP contribution in [0.2, 0.25) is 0 Å². The Balaban J connectivity index is 2.81. The molecule has 0 bridgehead atoms. The molecule has 5 heteroatoms. The third-order valence-corrected chi connectivity index (χ3v) is 1.88. The van der Waals surface area contributed by atoms with Gasteiger partial charge in [0, 0.05) is 12.6 Å². The van der Waals surface area contributed by atoms with Gasteiger partial charge in [0.15, 0.2) is 6.10 Å². The van der Waals surface area contributed by atoms with Crippen LogP contribution in [0.5, 0.6) is 0 Å². The smallest absolute Gasteiger partial charge is 0.339 e. The molecule has 88 valence electrons. The van der Waals surface area contributed by atoms with E-state index in [1.165, 1.54) is 19.9 Å². The third kappa shape index (κ3) is 3.95. The molecule has 5 nitrogen and oxygen atoms in total. The van der Waals surface area contributed by atoms with Crippen molar-refractivity contribution in [1.82, 2.24) is 0 Å². The van der Waals surface area contributed by atoms with Crippen molar-refractivity contribution in [1.29, 1.82) is 5.26 Å². The van der Waals surface area contributed by atoms with Crippen molar-refractivity contribution in [2.24, 2.45) is 0 Å². The van der Waals surface area contributed by atoms with Gasteiger partial charge in [0.05, 0.1) is 5.56 Å². The Labute approximate surface area is 99.0 Å². The highest BCUT2D eigenvalue weighted by Crippen LogP contribution is 2.12. The van der Waals surface area contributed by atoms with Gasteiger partial charge in [0.25, 0.3) is 0 Å². The van der Waals surface area contributed by atoms with Gasteiger partial charge in [-0.2, -0.15) is 5.26 Å². The average Bonchev–Trinajstić information content (AvgIpc) is 2.28. The molecule has 0 radical (unpaired) electrons. The highest BCUT2D eigenvalue weighted by molar-refractivity contribution is 5.93. The summed E-state index contributed by atoms with van der Waals surface area (Å²) in [6.45, 7) is 2.86. The predicted octanol–water partition coefficient (Wildman–Crippen LogP) is 1.71. The molecule has 1 aromatic rings. The molecule has 1 atom stereocenters. The second kappa shape index (κ2) is 5.66. The summed E-state index contributed by atoms with van der Waals surface area (Å²) in [5.41, 5.74) is 0.801. The normalized spacial score (nSPS) is 11.1. The van der Waals surface area contributed by atoms with Gasteiger partial charge >= 0.3 is 5.97 Å². The summed E-state index contributed by atoms with van der Waals surface area (Å²) >= 11 is 0. The number of hydrogen-bond donors (Lipinski definition) is 1. The van der Waals surface area contributed by atoms with Crippen LogP contribution in [0, 0.1) is 11.3 Å². The molecule has 0 fully saturated rings. The molecule has 0 aliphatic carbocycles. The van der Waals surface area contributed by atoms with Crippen molar-refractivity contribution in [2.75, 3.05) is 5.32 Å². The molecule has 0 aliphatic rings. The number of hydrogen-bond acceptors (Lipinski definition) is 4. The molecule has 1 aromatic carbocycles. The Morgan fingerprint density at radius 1 is 1.47 bits per heavy atom. The van der Waals surface area contributed by atoms with E-state index in [1.54, 1.807) is 24.3 Å². The minimum absolute atomic E-state index is 0.221. The van der Waals surface area contributed by atoms with Crippen molar-refractivity contribution in [2.45, 2.75) is 20.0 Å². The first-order valence-electron chi connectivity index (χ1n) is 5.01. The van der Waals surface area contributed by atoms with E-state index < -0.39 is 12.1 Å². The number of nitriles is 1. The quantitative estimate of drug-likeness (QED) is 0.804. The number of esters is 1. The second-order valence-electron chi connectivity index (χ2n) is 3.44. The van der Waals surface area contributed by atoms with Gasteiger partial charge in [-0.15, -0.1) is 0 Å². The lowest BCUT2D eigenvalue weighted by Gasteiger charge is -2.07. The topological polar surface area (TPSA) is 79.2 Å². The first kappa shape index (κ1) is 12.7. The molecule has 1 N–H and O–H groups in total. The number of carbonyl (C=O) groups is 2. The fourth-order valence-corrected chi connectivity index (χ4v) is 1.18. The number of nitrogens with one attached hydrogen (secondary N) is 1. The molecule has 0 saturated carbocycles. The lowest BCUT2D eigenvalue weighted by Crippen LogP contribution is -2.13. The molecular weight excluding hydrogens is 220 g/mol. The number of nitrogens with zero attached hydrogens (tertiary/aromatic N) is 1. The number of ether oxygens (including phenoxy) is 1. The number of rotatable bonds is 3.